The van der Waals surface area contributed by atoms with Crippen LogP contribution in [0.15, 0.2) is 53.0 Å². The Morgan fingerprint density at radius 3 is 2.48 bits per heavy atom. The lowest BCUT2D eigenvalue weighted by Crippen LogP contribution is -2.28. The molecule has 0 saturated heterocycles. The van der Waals surface area contributed by atoms with Crippen LogP contribution in [0.5, 0.6) is 0 Å². The van der Waals surface area contributed by atoms with Gasteiger partial charge in [-0.1, -0.05) is 45.3 Å². The largest absolute Gasteiger partial charge is 0.346 e. The summed E-state index contributed by atoms with van der Waals surface area (Å²) in [5, 5.41) is 15.2. The van der Waals surface area contributed by atoms with E-state index >= 15 is 0 Å². The third kappa shape index (κ3) is 2.72. The van der Waals surface area contributed by atoms with Crippen LogP contribution in [0.25, 0.3) is 0 Å². The van der Waals surface area contributed by atoms with Crippen molar-refractivity contribution in [1.29, 1.82) is 0 Å². The molecule has 7 heteroatoms. The molecule has 3 aromatic rings. The maximum absolute atomic E-state index is 13.2. The normalized spacial score (nSPS) is 19.9. The van der Waals surface area contributed by atoms with Gasteiger partial charge in [-0.2, -0.15) is 0 Å². The number of nitrogens with one attached hydrogen (secondary N) is 1. The Bertz CT molecular complexity index is 815. The van der Waals surface area contributed by atoms with Crippen molar-refractivity contribution in [3.63, 3.8) is 0 Å². The molecule has 1 aliphatic rings. The van der Waals surface area contributed by atoms with Crippen molar-refractivity contribution in [2.24, 2.45) is 0 Å². The summed E-state index contributed by atoms with van der Waals surface area (Å²) >= 11 is 3.45. The van der Waals surface area contributed by atoms with E-state index in [1.54, 1.807) is 16.8 Å². The minimum Gasteiger partial charge on any atom is -0.346 e. The van der Waals surface area contributed by atoms with Crippen LogP contribution >= 0.6 is 15.9 Å². The van der Waals surface area contributed by atoms with Crippen molar-refractivity contribution in [2.75, 3.05) is 5.32 Å². The summed E-state index contributed by atoms with van der Waals surface area (Å²) in [6.45, 7) is 0. The van der Waals surface area contributed by atoms with Gasteiger partial charge in [0.2, 0.25) is 5.95 Å². The first-order valence-electron chi connectivity index (χ1n) is 7.26. The number of halogens is 2. The first-order chi connectivity index (χ1) is 11.2. The second-order valence-electron chi connectivity index (χ2n) is 5.50. The third-order valence-electron chi connectivity index (χ3n) is 4.08. The molecule has 2 atom stereocenters. The number of rotatable bonds is 2. The first-order valence-corrected chi connectivity index (χ1v) is 8.05. The van der Waals surface area contributed by atoms with Crippen LogP contribution in [-0.2, 0) is 0 Å². The molecule has 0 amide bonds. The van der Waals surface area contributed by atoms with E-state index in [0.29, 0.717) is 5.95 Å². The van der Waals surface area contributed by atoms with Gasteiger partial charge in [0.05, 0.1) is 12.1 Å². The zero-order chi connectivity index (χ0) is 15.8. The highest BCUT2D eigenvalue weighted by atomic mass is 79.9. The van der Waals surface area contributed by atoms with Crippen LogP contribution in [0.3, 0.4) is 0 Å². The van der Waals surface area contributed by atoms with Crippen LogP contribution in [0.4, 0.5) is 10.3 Å². The molecule has 5 nitrogen and oxygen atoms in total. The van der Waals surface area contributed by atoms with E-state index in [4.69, 9.17) is 0 Å². The number of tetrazole rings is 1. The van der Waals surface area contributed by atoms with Crippen LogP contribution < -0.4 is 5.32 Å². The average Bonchev–Trinajstić information content (AvgIpc) is 3.04. The van der Waals surface area contributed by atoms with Gasteiger partial charge in [-0.25, -0.2) is 9.07 Å². The van der Waals surface area contributed by atoms with E-state index in [1.165, 1.54) is 12.1 Å². The second kappa shape index (κ2) is 5.73. The number of benzene rings is 2. The van der Waals surface area contributed by atoms with E-state index in [2.05, 4.69) is 48.9 Å². The van der Waals surface area contributed by atoms with Crippen LogP contribution in [-0.4, -0.2) is 20.2 Å². The summed E-state index contributed by atoms with van der Waals surface area (Å²) in [7, 11) is 0. The standard InChI is InChI=1S/C16H13BrFN5/c17-12-5-1-10(2-6-12)14-9-15(11-3-7-13(18)8-4-11)23-16(19-14)20-21-22-23/h1-8,14-15H,9H2,(H,19,20,22)/t14-,15-/m0/s1. The van der Waals surface area contributed by atoms with Crippen LogP contribution in [0.2, 0.25) is 0 Å². The maximum Gasteiger partial charge on any atom is 0.243 e. The zero-order valence-corrected chi connectivity index (χ0v) is 13.6. The highest BCUT2D eigenvalue weighted by Crippen LogP contribution is 2.37. The Hall–Kier alpha value is -2.28. The molecule has 23 heavy (non-hydrogen) atoms. The predicted octanol–water partition coefficient (Wildman–Crippen LogP) is 3.72. The fourth-order valence-corrected chi connectivity index (χ4v) is 3.18. The summed E-state index contributed by atoms with van der Waals surface area (Å²) < 4.78 is 16.0. The van der Waals surface area contributed by atoms with Crippen LogP contribution in [0.1, 0.15) is 29.6 Å². The highest BCUT2D eigenvalue weighted by molar-refractivity contribution is 9.10. The number of aromatic nitrogens is 4. The monoisotopic (exact) mass is 373 g/mol. The quantitative estimate of drug-likeness (QED) is 0.743. The molecular weight excluding hydrogens is 361 g/mol. The Labute approximate surface area is 140 Å². The number of nitrogens with zero attached hydrogens (tertiary/aromatic N) is 4. The summed E-state index contributed by atoms with van der Waals surface area (Å²) in [4.78, 5) is 0. The Morgan fingerprint density at radius 1 is 1.04 bits per heavy atom. The molecular formula is C16H13BrFN5. The maximum atomic E-state index is 13.2. The van der Waals surface area contributed by atoms with Crippen molar-refractivity contribution in [3.05, 3.63) is 69.9 Å². The van der Waals surface area contributed by atoms with Crippen molar-refractivity contribution in [2.45, 2.75) is 18.5 Å². The van der Waals surface area contributed by atoms with Gasteiger partial charge in [0, 0.05) is 4.47 Å². The van der Waals surface area contributed by atoms with Crippen molar-refractivity contribution < 1.29 is 4.39 Å². The van der Waals surface area contributed by atoms with E-state index in [1.807, 2.05) is 12.1 Å². The van der Waals surface area contributed by atoms with Gasteiger partial charge in [0.25, 0.3) is 0 Å². The van der Waals surface area contributed by atoms with Gasteiger partial charge < -0.3 is 5.32 Å². The summed E-state index contributed by atoms with van der Waals surface area (Å²) in [5.74, 6) is 0.377. The zero-order valence-electron chi connectivity index (χ0n) is 12.0. The number of hydrogen-bond acceptors (Lipinski definition) is 4. The fraction of sp³-hybridized carbons (Fsp3) is 0.188. The molecule has 2 heterocycles. The van der Waals surface area contributed by atoms with Gasteiger partial charge in [0.15, 0.2) is 0 Å². The van der Waals surface area contributed by atoms with Gasteiger partial charge in [-0.05, 0) is 52.2 Å². The molecule has 1 aromatic heterocycles. The summed E-state index contributed by atoms with van der Waals surface area (Å²) in [6.07, 6.45) is 0.783. The van der Waals surface area contributed by atoms with Crippen molar-refractivity contribution in [3.8, 4) is 0 Å². The molecule has 0 saturated carbocycles. The minimum atomic E-state index is -0.246. The lowest BCUT2D eigenvalue weighted by Gasteiger charge is -2.31. The minimum absolute atomic E-state index is 0.0319. The molecule has 0 radical (unpaired) electrons. The molecule has 0 spiro atoms. The molecule has 0 unspecified atom stereocenters. The van der Waals surface area contributed by atoms with Crippen molar-refractivity contribution in [1.82, 2.24) is 20.2 Å². The third-order valence-corrected chi connectivity index (χ3v) is 4.61. The summed E-state index contributed by atoms with van der Waals surface area (Å²) in [6, 6.07) is 14.7. The summed E-state index contributed by atoms with van der Waals surface area (Å²) in [5.41, 5.74) is 2.15. The number of anilines is 1. The van der Waals surface area contributed by atoms with Crippen LogP contribution in [0, 0.1) is 5.82 Å². The molecule has 4 rings (SSSR count). The van der Waals surface area contributed by atoms with Gasteiger partial charge in [-0.15, -0.1) is 0 Å². The Balaban J connectivity index is 1.71. The van der Waals surface area contributed by atoms with Gasteiger partial charge >= 0.3 is 0 Å². The predicted molar refractivity (Wildman–Crippen MR) is 87.5 cm³/mol. The lowest BCUT2D eigenvalue weighted by atomic mass is 9.93. The van der Waals surface area contributed by atoms with E-state index in [0.717, 1.165) is 22.0 Å². The smallest absolute Gasteiger partial charge is 0.243 e. The van der Waals surface area contributed by atoms with E-state index < -0.39 is 0 Å². The molecule has 0 fully saturated rings. The Kier molecular flexibility index (Phi) is 3.57. The molecule has 1 aliphatic heterocycles. The number of hydrogen-bond donors (Lipinski definition) is 1. The second-order valence-corrected chi connectivity index (χ2v) is 6.41. The van der Waals surface area contributed by atoms with Crippen molar-refractivity contribution >= 4 is 21.9 Å². The first kappa shape index (κ1) is 14.3. The fourth-order valence-electron chi connectivity index (χ4n) is 2.91. The van der Waals surface area contributed by atoms with Gasteiger partial charge in [-0.3, -0.25) is 0 Å². The lowest BCUT2D eigenvalue weighted by molar-refractivity contribution is 0.423. The number of fused-ring (bicyclic) bond motifs is 1. The van der Waals surface area contributed by atoms with Gasteiger partial charge in [0.1, 0.15) is 5.82 Å². The highest BCUT2D eigenvalue weighted by Gasteiger charge is 2.30. The molecule has 0 bridgehead atoms. The molecule has 116 valence electrons. The van der Waals surface area contributed by atoms with E-state index in [-0.39, 0.29) is 17.9 Å². The molecule has 0 aliphatic carbocycles. The van der Waals surface area contributed by atoms with E-state index in [9.17, 15) is 4.39 Å². The SMILES string of the molecule is Fc1ccc([C@@H]2C[C@@H](c3ccc(Br)cc3)Nc3nnnn32)cc1. The topological polar surface area (TPSA) is 55.6 Å². The Morgan fingerprint density at radius 2 is 1.74 bits per heavy atom. The molecule has 2 aromatic carbocycles. The average molecular weight is 374 g/mol. The molecule has 1 N–H and O–H groups in total.